The fourth-order valence-corrected chi connectivity index (χ4v) is 4.13. The maximum atomic E-state index is 11.3. The third kappa shape index (κ3) is 2.63. The molecule has 0 bridgehead atoms. The van der Waals surface area contributed by atoms with Crippen molar-refractivity contribution in [2.45, 2.75) is 11.1 Å². The molecule has 3 nitrogen and oxygen atoms in total. The molecule has 0 aliphatic heterocycles. The molecule has 0 N–H and O–H groups in total. The molecule has 1 heterocycles. The summed E-state index contributed by atoms with van der Waals surface area (Å²) in [6.07, 6.45) is 0. The van der Waals surface area contributed by atoms with Crippen LogP contribution in [-0.2, 0) is 9.05 Å². The summed E-state index contributed by atoms with van der Waals surface area (Å²) in [5.74, 6) is 0. The van der Waals surface area contributed by atoms with Crippen LogP contribution in [0, 0.1) is 6.92 Å². The van der Waals surface area contributed by atoms with Crippen molar-refractivity contribution in [3.05, 3.63) is 35.0 Å². The van der Waals surface area contributed by atoms with Crippen LogP contribution in [0.5, 0.6) is 0 Å². The minimum Gasteiger partial charge on any atom is -0.240 e. The van der Waals surface area contributed by atoms with Gasteiger partial charge in [-0.1, -0.05) is 29.8 Å². The molecule has 0 aliphatic carbocycles. The first kappa shape index (κ1) is 12.8. The van der Waals surface area contributed by atoms with Crippen LogP contribution in [0.25, 0.3) is 10.6 Å². The highest BCUT2D eigenvalue weighted by atomic mass is 35.7. The lowest BCUT2D eigenvalue weighted by Gasteiger charge is -1.97. The van der Waals surface area contributed by atoms with Gasteiger partial charge in [0, 0.05) is 16.2 Å². The number of benzene rings is 1. The Bertz CT molecular complexity index is 665. The van der Waals surface area contributed by atoms with E-state index in [4.69, 9.17) is 22.3 Å². The molecule has 7 heteroatoms. The van der Waals surface area contributed by atoms with Crippen molar-refractivity contribution in [3.63, 3.8) is 0 Å². The van der Waals surface area contributed by atoms with Crippen LogP contribution < -0.4 is 0 Å². The lowest BCUT2D eigenvalue weighted by atomic mass is 10.2. The molecule has 0 atom stereocenters. The van der Waals surface area contributed by atoms with Gasteiger partial charge in [0.15, 0.2) is 4.21 Å². The zero-order chi connectivity index (χ0) is 12.6. The number of hydrogen-bond donors (Lipinski definition) is 0. The van der Waals surface area contributed by atoms with Gasteiger partial charge in [0.25, 0.3) is 9.05 Å². The first-order chi connectivity index (χ1) is 7.89. The van der Waals surface area contributed by atoms with Crippen LogP contribution in [-0.4, -0.2) is 13.4 Å². The fraction of sp³-hybridized carbons (Fsp3) is 0.100. The van der Waals surface area contributed by atoms with Gasteiger partial charge in [-0.2, -0.15) is 0 Å². The van der Waals surface area contributed by atoms with Crippen LogP contribution in [0.3, 0.4) is 0 Å². The highest BCUT2D eigenvalue weighted by molar-refractivity contribution is 8.15. The molecule has 0 spiro atoms. The first-order valence-electron chi connectivity index (χ1n) is 4.56. The highest BCUT2D eigenvalue weighted by Crippen LogP contribution is 2.35. The topological polar surface area (TPSA) is 47.0 Å². The third-order valence-electron chi connectivity index (χ3n) is 2.08. The Morgan fingerprint density at radius 3 is 2.47 bits per heavy atom. The van der Waals surface area contributed by atoms with Crippen LogP contribution in [0.1, 0.15) is 5.69 Å². The van der Waals surface area contributed by atoms with Crippen molar-refractivity contribution in [2.75, 3.05) is 0 Å². The number of nitrogens with zero attached hydrogens (tertiary/aromatic N) is 1. The van der Waals surface area contributed by atoms with E-state index < -0.39 is 9.05 Å². The fourth-order valence-electron chi connectivity index (χ4n) is 1.36. The molecule has 0 aliphatic rings. The van der Waals surface area contributed by atoms with E-state index in [0.717, 1.165) is 11.3 Å². The minimum absolute atomic E-state index is 0.0640. The van der Waals surface area contributed by atoms with Gasteiger partial charge in [-0.3, -0.25) is 0 Å². The van der Waals surface area contributed by atoms with E-state index in [1.165, 1.54) is 0 Å². The van der Waals surface area contributed by atoms with Gasteiger partial charge in [-0.05, 0) is 13.0 Å². The van der Waals surface area contributed by atoms with Crippen LogP contribution in [0.15, 0.2) is 28.5 Å². The molecule has 1 aromatic heterocycles. The maximum absolute atomic E-state index is 11.3. The number of halogens is 2. The summed E-state index contributed by atoms with van der Waals surface area (Å²) >= 11 is 7.04. The van der Waals surface area contributed by atoms with Gasteiger partial charge < -0.3 is 0 Å². The summed E-state index contributed by atoms with van der Waals surface area (Å²) in [4.78, 5) is 4.18. The highest BCUT2D eigenvalue weighted by Gasteiger charge is 2.20. The summed E-state index contributed by atoms with van der Waals surface area (Å²) in [7, 11) is 1.57. The Morgan fingerprint density at radius 2 is 1.94 bits per heavy atom. The predicted molar refractivity (Wildman–Crippen MR) is 70.3 cm³/mol. The van der Waals surface area contributed by atoms with Crippen molar-refractivity contribution in [1.29, 1.82) is 0 Å². The smallest absolute Gasteiger partial charge is 0.240 e. The summed E-state index contributed by atoms with van der Waals surface area (Å²) < 4.78 is 22.6. The standard InChI is InChI=1S/C10H7Cl2NO2S2/c1-6-10(17(12,14)15)16-9(13-6)7-4-2-3-5-8(7)11/h2-5H,1H3. The average molecular weight is 308 g/mol. The molecule has 2 aromatic rings. The van der Waals surface area contributed by atoms with Gasteiger partial charge in [0.2, 0.25) is 0 Å². The summed E-state index contributed by atoms with van der Waals surface area (Å²) in [5, 5.41) is 1.08. The van der Waals surface area contributed by atoms with Gasteiger partial charge in [-0.25, -0.2) is 13.4 Å². The minimum atomic E-state index is -3.75. The largest absolute Gasteiger partial charge is 0.272 e. The predicted octanol–water partition coefficient (Wildman–Crippen LogP) is 3.70. The van der Waals surface area contributed by atoms with E-state index in [-0.39, 0.29) is 4.21 Å². The van der Waals surface area contributed by atoms with E-state index in [2.05, 4.69) is 4.98 Å². The van der Waals surface area contributed by atoms with Crippen molar-refractivity contribution < 1.29 is 8.42 Å². The van der Waals surface area contributed by atoms with Crippen LogP contribution in [0.4, 0.5) is 0 Å². The Morgan fingerprint density at radius 1 is 1.29 bits per heavy atom. The van der Waals surface area contributed by atoms with Crippen LogP contribution in [0.2, 0.25) is 5.02 Å². The first-order valence-corrected chi connectivity index (χ1v) is 8.07. The molecule has 0 fully saturated rings. The SMILES string of the molecule is Cc1nc(-c2ccccc2Cl)sc1S(=O)(=O)Cl. The second kappa shape index (κ2) is 4.57. The zero-order valence-electron chi connectivity index (χ0n) is 8.65. The Balaban J connectivity index is 2.61. The molecular formula is C10H7Cl2NO2S2. The number of rotatable bonds is 2. The van der Waals surface area contributed by atoms with E-state index in [1.807, 2.05) is 6.07 Å². The molecule has 0 saturated carbocycles. The van der Waals surface area contributed by atoms with E-state index in [9.17, 15) is 8.42 Å². The Hall–Kier alpha value is -0.620. The monoisotopic (exact) mass is 307 g/mol. The molecule has 0 amide bonds. The number of hydrogen-bond acceptors (Lipinski definition) is 4. The lowest BCUT2D eigenvalue weighted by Crippen LogP contribution is -1.88. The average Bonchev–Trinajstić information content (AvgIpc) is 2.60. The zero-order valence-corrected chi connectivity index (χ0v) is 11.8. The third-order valence-corrected chi connectivity index (χ3v) is 5.78. The molecule has 2 rings (SSSR count). The van der Waals surface area contributed by atoms with Crippen LogP contribution >= 0.6 is 33.6 Å². The van der Waals surface area contributed by atoms with E-state index in [1.54, 1.807) is 25.1 Å². The number of aryl methyl sites for hydroxylation is 1. The van der Waals surface area contributed by atoms with E-state index in [0.29, 0.717) is 21.3 Å². The number of aromatic nitrogens is 1. The normalized spacial score (nSPS) is 11.7. The Kier molecular flexibility index (Phi) is 3.45. The van der Waals surface area contributed by atoms with E-state index >= 15 is 0 Å². The molecule has 17 heavy (non-hydrogen) atoms. The summed E-state index contributed by atoms with van der Waals surface area (Å²) in [5.41, 5.74) is 1.09. The lowest BCUT2D eigenvalue weighted by molar-refractivity contribution is 0.610. The molecule has 90 valence electrons. The van der Waals surface area contributed by atoms with Gasteiger partial charge >= 0.3 is 0 Å². The van der Waals surface area contributed by atoms with Crippen molar-refractivity contribution in [1.82, 2.24) is 4.98 Å². The van der Waals surface area contributed by atoms with Crippen molar-refractivity contribution in [2.24, 2.45) is 0 Å². The molecule has 0 unspecified atom stereocenters. The molecule has 1 aromatic carbocycles. The molecular weight excluding hydrogens is 301 g/mol. The van der Waals surface area contributed by atoms with Gasteiger partial charge in [0.1, 0.15) is 5.01 Å². The molecule has 0 saturated heterocycles. The Labute approximate surface area is 112 Å². The summed E-state index contributed by atoms with van der Waals surface area (Å²) in [6, 6.07) is 7.12. The van der Waals surface area contributed by atoms with Gasteiger partial charge in [0.05, 0.1) is 10.7 Å². The second-order valence-electron chi connectivity index (χ2n) is 3.31. The second-order valence-corrected chi connectivity index (χ2v) is 7.48. The quantitative estimate of drug-likeness (QED) is 0.795. The van der Waals surface area contributed by atoms with Crippen molar-refractivity contribution in [3.8, 4) is 10.6 Å². The molecule has 0 radical (unpaired) electrons. The van der Waals surface area contributed by atoms with Gasteiger partial charge in [-0.15, -0.1) is 11.3 Å². The maximum Gasteiger partial charge on any atom is 0.272 e. The van der Waals surface area contributed by atoms with Crippen molar-refractivity contribution >= 4 is 42.7 Å². The number of thiazole rings is 1. The summed E-state index contributed by atoms with van der Waals surface area (Å²) in [6.45, 7) is 1.60.